The van der Waals surface area contributed by atoms with Gasteiger partial charge in [0.25, 0.3) is 10.0 Å². The molecule has 3 nitrogen and oxygen atoms in total. The van der Waals surface area contributed by atoms with E-state index in [9.17, 15) is 34.8 Å². The predicted molar refractivity (Wildman–Crippen MR) is 92.4 cm³/mol. The van der Waals surface area contributed by atoms with Crippen molar-refractivity contribution in [3.8, 4) is 0 Å². The lowest BCUT2D eigenvalue weighted by atomic mass is 9.99. The van der Waals surface area contributed by atoms with Crippen LogP contribution in [0.2, 0.25) is 0 Å². The summed E-state index contributed by atoms with van der Waals surface area (Å²) in [5.41, 5.74) is -3.17. The summed E-state index contributed by atoms with van der Waals surface area (Å²) >= 11 is 0. The van der Waals surface area contributed by atoms with E-state index >= 15 is 0 Å². The molecule has 0 aromatic heterocycles. The van der Waals surface area contributed by atoms with Gasteiger partial charge in [-0.2, -0.15) is 26.3 Å². The van der Waals surface area contributed by atoms with Crippen molar-refractivity contribution < 1.29 is 34.8 Å². The van der Waals surface area contributed by atoms with Crippen molar-refractivity contribution in [3.63, 3.8) is 0 Å². The molecular weight excluding hydrogens is 408 g/mol. The molecule has 2 rings (SSSR count). The molecule has 154 valence electrons. The largest absolute Gasteiger partial charge is 0.416 e. The smallest absolute Gasteiger partial charge is 0.280 e. The van der Waals surface area contributed by atoms with Gasteiger partial charge in [0.1, 0.15) is 0 Å². The van der Waals surface area contributed by atoms with Gasteiger partial charge in [-0.15, -0.1) is 0 Å². The van der Waals surface area contributed by atoms with Crippen LogP contribution in [0.4, 0.5) is 32.0 Å². The van der Waals surface area contributed by atoms with Gasteiger partial charge in [-0.25, -0.2) is 8.42 Å². The van der Waals surface area contributed by atoms with Gasteiger partial charge in [-0.1, -0.05) is 26.0 Å². The highest BCUT2D eigenvalue weighted by Crippen LogP contribution is 2.38. The summed E-state index contributed by atoms with van der Waals surface area (Å²) in [7, 11) is -4.37. The SMILES string of the molecule is CCC(C)c1ccc(S(=O)(=O)Nc2cc(C(F)(F)F)cc(C(F)(F)F)c2)cc1. The minimum atomic E-state index is -5.07. The molecule has 28 heavy (non-hydrogen) atoms. The number of rotatable bonds is 5. The molecule has 2 aromatic carbocycles. The maximum absolute atomic E-state index is 12.9. The maximum Gasteiger partial charge on any atom is 0.416 e. The van der Waals surface area contributed by atoms with Crippen molar-refractivity contribution >= 4 is 15.7 Å². The molecule has 0 aliphatic rings. The second kappa shape index (κ2) is 7.65. The number of hydrogen-bond donors (Lipinski definition) is 1. The first-order valence-electron chi connectivity index (χ1n) is 8.16. The molecule has 0 saturated carbocycles. The van der Waals surface area contributed by atoms with E-state index in [1.54, 1.807) is 16.9 Å². The third kappa shape index (κ3) is 5.18. The number of halogens is 6. The van der Waals surface area contributed by atoms with Crippen molar-refractivity contribution in [1.29, 1.82) is 0 Å². The van der Waals surface area contributed by atoms with Gasteiger partial charge in [0.2, 0.25) is 0 Å². The third-order valence-corrected chi connectivity index (χ3v) is 5.61. The minimum Gasteiger partial charge on any atom is -0.280 e. The summed E-state index contributed by atoms with van der Waals surface area (Å²) in [5, 5.41) is 0. The number of alkyl halides is 6. The van der Waals surface area contributed by atoms with Gasteiger partial charge in [0.05, 0.1) is 21.7 Å². The molecule has 2 aromatic rings. The van der Waals surface area contributed by atoms with Crippen LogP contribution in [0, 0.1) is 0 Å². The topological polar surface area (TPSA) is 46.2 Å². The molecule has 0 fully saturated rings. The van der Waals surface area contributed by atoms with E-state index in [2.05, 4.69) is 0 Å². The average molecular weight is 425 g/mol. The van der Waals surface area contributed by atoms with E-state index in [0.29, 0.717) is 12.1 Å². The summed E-state index contributed by atoms with van der Waals surface area (Å²) in [4.78, 5) is -0.273. The Hall–Kier alpha value is -2.23. The van der Waals surface area contributed by atoms with Crippen LogP contribution in [-0.4, -0.2) is 8.42 Å². The molecule has 0 amide bonds. The van der Waals surface area contributed by atoms with Crippen LogP contribution in [0.1, 0.15) is 42.9 Å². The Kier molecular flexibility index (Phi) is 6.03. The Morgan fingerprint density at radius 1 is 0.893 bits per heavy atom. The second-order valence-electron chi connectivity index (χ2n) is 6.28. The van der Waals surface area contributed by atoms with Crippen LogP contribution in [0.25, 0.3) is 0 Å². The Labute approximate surface area is 158 Å². The highest BCUT2D eigenvalue weighted by atomic mass is 32.2. The van der Waals surface area contributed by atoms with Crippen molar-refractivity contribution in [2.24, 2.45) is 0 Å². The fourth-order valence-corrected chi connectivity index (χ4v) is 3.48. The molecule has 0 bridgehead atoms. The second-order valence-corrected chi connectivity index (χ2v) is 7.96. The Bertz CT molecular complexity index is 902. The Balaban J connectivity index is 2.42. The molecular formula is C18H17F6NO2S. The standard InChI is InChI=1S/C18H17F6NO2S/c1-3-11(2)12-4-6-16(7-5-12)28(26,27)25-15-9-13(17(19,20)21)8-14(10-15)18(22,23)24/h4-11,25H,3H2,1-2H3. The van der Waals surface area contributed by atoms with Crippen LogP contribution in [0.15, 0.2) is 47.4 Å². The average Bonchev–Trinajstić information content (AvgIpc) is 2.59. The van der Waals surface area contributed by atoms with E-state index in [1.165, 1.54) is 12.1 Å². The molecule has 0 aliphatic carbocycles. The van der Waals surface area contributed by atoms with E-state index in [1.807, 2.05) is 13.8 Å². The minimum absolute atomic E-state index is 0.0707. The fourth-order valence-electron chi connectivity index (χ4n) is 2.44. The summed E-state index contributed by atoms with van der Waals surface area (Å²) in [6.07, 6.45) is -9.33. The van der Waals surface area contributed by atoms with Crippen molar-refractivity contribution in [3.05, 3.63) is 59.2 Å². The first-order chi connectivity index (χ1) is 12.7. The number of hydrogen-bond acceptors (Lipinski definition) is 2. The third-order valence-electron chi connectivity index (χ3n) is 4.21. The van der Waals surface area contributed by atoms with Crippen molar-refractivity contribution in [2.75, 3.05) is 4.72 Å². The van der Waals surface area contributed by atoms with Gasteiger partial charge in [0.15, 0.2) is 0 Å². The van der Waals surface area contributed by atoms with Gasteiger partial charge in [-0.05, 0) is 48.2 Å². The van der Waals surface area contributed by atoms with Gasteiger partial charge >= 0.3 is 12.4 Å². The lowest BCUT2D eigenvalue weighted by Gasteiger charge is -2.16. The van der Waals surface area contributed by atoms with E-state index in [0.717, 1.165) is 12.0 Å². The van der Waals surface area contributed by atoms with Gasteiger partial charge < -0.3 is 0 Å². The fraction of sp³-hybridized carbons (Fsp3) is 0.333. The van der Waals surface area contributed by atoms with Crippen LogP contribution in [0.3, 0.4) is 0 Å². The molecule has 1 atom stereocenters. The zero-order valence-corrected chi connectivity index (χ0v) is 15.6. The lowest BCUT2D eigenvalue weighted by molar-refractivity contribution is -0.143. The first kappa shape index (κ1) is 22.1. The van der Waals surface area contributed by atoms with Crippen LogP contribution in [-0.2, 0) is 22.4 Å². The highest BCUT2D eigenvalue weighted by Gasteiger charge is 2.37. The molecule has 1 unspecified atom stereocenters. The van der Waals surface area contributed by atoms with Crippen LogP contribution in [0.5, 0.6) is 0 Å². The highest BCUT2D eigenvalue weighted by molar-refractivity contribution is 7.92. The normalized spacial score (nSPS) is 14.0. The molecule has 10 heteroatoms. The van der Waals surface area contributed by atoms with Crippen LogP contribution < -0.4 is 4.72 Å². The van der Waals surface area contributed by atoms with E-state index in [4.69, 9.17) is 0 Å². The summed E-state index contributed by atoms with van der Waals surface area (Å²) in [5.74, 6) is 0.169. The van der Waals surface area contributed by atoms with Gasteiger partial charge in [0, 0.05) is 0 Å². The molecule has 0 saturated heterocycles. The van der Waals surface area contributed by atoms with Gasteiger partial charge in [-0.3, -0.25) is 4.72 Å². The Morgan fingerprint density at radius 3 is 1.75 bits per heavy atom. The van der Waals surface area contributed by atoms with Crippen molar-refractivity contribution in [2.45, 2.75) is 43.4 Å². The number of anilines is 1. The molecule has 0 spiro atoms. The Morgan fingerprint density at radius 2 is 1.36 bits per heavy atom. The summed E-state index contributed by atoms with van der Waals surface area (Å²) < 4.78 is 104. The predicted octanol–water partition coefficient (Wildman–Crippen LogP) is 6.04. The summed E-state index contributed by atoms with van der Waals surface area (Å²) in [6.45, 7) is 3.88. The quantitative estimate of drug-likeness (QED) is 0.594. The number of nitrogens with one attached hydrogen (secondary N) is 1. The summed E-state index contributed by atoms with van der Waals surface area (Å²) in [6, 6.07) is 6.18. The maximum atomic E-state index is 12.9. The monoisotopic (exact) mass is 425 g/mol. The lowest BCUT2D eigenvalue weighted by Crippen LogP contribution is -2.16. The zero-order chi connectivity index (χ0) is 21.3. The molecule has 1 N–H and O–H groups in total. The zero-order valence-electron chi connectivity index (χ0n) is 14.8. The van der Waals surface area contributed by atoms with E-state index in [-0.39, 0.29) is 16.9 Å². The molecule has 0 heterocycles. The number of sulfonamides is 1. The molecule has 0 aliphatic heterocycles. The molecule has 0 radical (unpaired) electrons. The first-order valence-corrected chi connectivity index (χ1v) is 9.64. The number of benzene rings is 2. The van der Waals surface area contributed by atoms with E-state index < -0.39 is 39.2 Å². The van der Waals surface area contributed by atoms with Crippen LogP contribution >= 0.6 is 0 Å². The van der Waals surface area contributed by atoms with Crippen molar-refractivity contribution in [1.82, 2.24) is 0 Å².